The zero-order chi connectivity index (χ0) is 18.5. The number of nitrogens with one attached hydrogen (secondary N) is 1. The number of ether oxygens (including phenoxy) is 1. The molecule has 0 saturated carbocycles. The first-order valence-corrected chi connectivity index (χ1v) is 8.99. The van der Waals surface area contributed by atoms with Crippen LogP contribution in [0.5, 0.6) is 5.75 Å². The van der Waals surface area contributed by atoms with Crippen molar-refractivity contribution in [2.45, 2.75) is 13.2 Å². The van der Waals surface area contributed by atoms with Gasteiger partial charge in [0.1, 0.15) is 18.2 Å². The first-order valence-electron chi connectivity index (χ1n) is 7.86. The summed E-state index contributed by atoms with van der Waals surface area (Å²) < 4.78 is 18.9. The van der Waals surface area contributed by atoms with E-state index >= 15 is 0 Å². The molecule has 0 heterocycles. The molecule has 0 aliphatic rings. The maximum absolute atomic E-state index is 13.0. The van der Waals surface area contributed by atoms with E-state index in [1.807, 2.05) is 18.2 Å². The molecule has 0 aliphatic heterocycles. The van der Waals surface area contributed by atoms with E-state index in [0.717, 1.165) is 16.8 Å². The lowest BCUT2D eigenvalue weighted by Gasteiger charge is -2.14. The molecule has 0 amide bonds. The highest BCUT2D eigenvalue weighted by Crippen LogP contribution is 2.28. The Morgan fingerprint density at radius 1 is 0.846 bits per heavy atom. The number of halogens is 4. The molecule has 0 aliphatic carbocycles. The topological polar surface area (TPSA) is 21.3 Å². The fraction of sp³-hybridized carbons (Fsp3) is 0.100. The first-order chi connectivity index (χ1) is 12.5. The molecule has 0 bridgehead atoms. The summed E-state index contributed by atoms with van der Waals surface area (Å²) in [7, 11) is 0. The van der Waals surface area contributed by atoms with Crippen LogP contribution in [0.15, 0.2) is 60.7 Å². The zero-order valence-corrected chi connectivity index (χ0v) is 15.9. The molecule has 0 unspecified atom stereocenters. The Labute approximate surface area is 166 Å². The normalized spacial score (nSPS) is 10.6. The van der Waals surface area contributed by atoms with Gasteiger partial charge in [-0.1, -0.05) is 46.9 Å². The molecular weight excluding hydrogens is 396 g/mol. The molecule has 3 rings (SSSR count). The second-order valence-electron chi connectivity index (χ2n) is 5.65. The molecule has 1 N–H and O–H groups in total. The fourth-order valence-electron chi connectivity index (χ4n) is 2.37. The lowest BCUT2D eigenvalue weighted by molar-refractivity contribution is 0.303. The summed E-state index contributed by atoms with van der Waals surface area (Å²) in [5.41, 5.74) is 2.61. The van der Waals surface area contributed by atoms with Gasteiger partial charge in [0.25, 0.3) is 0 Å². The van der Waals surface area contributed by atoms with E-state index in [2.05, 4.69) is 5.32 Å². The Bertz CT molecular complexity index is 900. The van der Waals surface area contributed by atoms with Gasteiger partial charge >= 0.3 is 0 Å². The van der Waals surface area contributed by atoms with Gasteiger partial charge < -0.3 is 10.1 Å². The molecule has 2 nitrogen and oxygen atoms in total. The molecule has 3 aromatic carbocycles. The minimum atomic E-state index is -0.272. The summed E-state index contributed by atoms with van der Waals surface area (Å²) in [6.45, 7) is 0.832. The van der Waals surface area contributed by atoms with Gasteiger partial charge in [-0.05, 0) is 54.1 Å². The van der Waals surface area contributed by atoms with E-state index in [1.165, 1.54) is 12.1 Å². The SMILES string of the molecule is Fc1ccc(COc2ccc(Cl)cc2CNc2ccc(Cl)c(Cl)c2)cc1. The Kier molecular flexibility index (Phi) is 6.25. The van der Waals surface area contributed by atoms with Crippen molar-refractivity contribution in [1.29, 1.82) is 0 Å². The first kappa shape index (κ1) is 18.8. The van der Waals surface area contributed by atoms with E-state index < -0.39 is 0 Å². The number of hydrogen-bond acceptors (Lipinski definition) is 2. The zero-order valence-electron chi connectivity index (χ0n) is 13.6. The second-order valence-corrected chi connectivity index (χ2v) is 6.90. The summed E-state index contributed by atoms with van der Waals surface area (Å²) in [5.74, 6) is 0.429. The average Bonchev–Trinajstić information content (AvgIpc) is 2.63. The van der Waals surface area contributed by atoms with Crippen molar-refractivity contribution in [3.63, 3.8) is 0 Å². The molecular formula is C20H15Cl3FNO. The van der Waals surface area contributed by atoms with Crippen molar-refractivity contribution in [1.82, 2.24) is 0 Å². The lowest BCUT2D eigenvalue weighted by Crippen LogP contribution is -2.04. The number of benzene rings is 3. The summed E-state index contributed by atoms with van der Waals surface area (Å²) in [5, 5.41) is 4.87. The van der Waals surface area contributed by atoms with Gasteiger partial charge in [-0.15, -0.1) is 0 Å². The van der Waals surface area contributed by atoms with E-state index in [4.69, 9.17) is 39.5 Å². The molecule has 0 aromatic heterocycles. The number of rotatable bonds is 6. The molecule has 0 spiro atoms. The quantitative estimate of drug-likeness (QED) is 0.473. The van der Waals surface area contributed by atoms with Crippen LogP contribution in [0.4, 0.5) is 10.1 Å². The van der Waals surface area contributed by atoms with Gasteiger partial charge in [0, 0.05) is 22.8 Å². The maximum Gasteiger partial charge on any atom is 0.124 e. The predicted octanol–water partition coefficient (Wildman–Crippen LogP) is 6.98. The van der Waals surface area contributed by atoms with Crippen LogP contribution in [0.3, 0.4) is 0 Å². The van der Waals surface area contributed by atoms with Crippen LogP contribution in [0.25, 0.3) is 0 Å². The monoisotopic (exact) mass is 409 g/mol. The molecule has 0 fully saturated rings. The molecule has 0 saturated heterocycles. The minimum Gasteiger partial charge on any atom is -0.489 e. The largest absolute Gasteiger partial charge is 0.489 e. The van der Waals surface area contributed by atoms with Gasteiger partial charge in [0.05, 0.1) is 10.0 Å². The highest BCUT2D eigenvalue weighted by molar-refractivity contribution is 6.42. The molecule has 0 atom stereocenters. The van der Waals surface area contributed by atoms with Crippen LogP contribution < -0.4 is 10.1 Å². The van der Waals surface area contributed by atoms with Gasteiger partial charge in [-0.25, -0.2) is 4.39 Å². The Morgan fingerprint density at radius 3 is 2.35 bits per heavy atom. The summed E-state index contributed by atoms with van der Waals surface area (Å²) in [4.78, 5) is 0. The van der Waals surface area contributed by atoms with Crippen LogP contribution in [0, 0.1) is 5.82 Å². The predicted molar refractivity (Wildman–Crippen MR) is 106 cm³/mol. The number of hydrogen-bond donors (Lipinski definition) is 1. The molecule has 26 heavy (non-hydrogen) atoms. The Morgan fingerprint density at radius 2 is 1.62 bits per heavy atom. The van der Waals surface area contributed by atoms with Crippen molar-refractivity contribution >= 4 is 40.5 Å². The highest BCUT2D eigenvalue weighted by atomic mass is 35.5. The Balaban J connectivity index is 1.70. The maximum atomic E-state index is 13.0. The van der Waals surface area contributed by atoms with E-state index in [1.54, 1.807) is 30.3 Å². The van der Waals surface area contributed by atoms with Gasteiger partial charge in [-0.2, -0.15) is 0 Å². The smallest absolute Gasteiger partial charge is 0.124 e. The molecule has 3 aromatic rings. The third-order valence-electron chi connectivity index (χ3n) is 3.73. The fourth-order valence-corrected chi connectivity index (χ4v) is 2.86. The van der Waals surface area contributed by atoms with Crippen molar-refractivity contribution in [2.75, 3.05) is 5.32 Å². The average molecular weight is 411 g/mol. The third-order valence-corrected chi connectivity index (χ3v) is 4.71. The van der Waals surface area contributed by atoms with E-state index in [-0.39, 0.29) is 5.82 Å². The van der Waals surface area contributed by atoms with E-state index in [9.17, 15) is 4.39 Å². The molecule has 6 heteroatoms. The van der Waals surface area contributed by atoms with Crippen LogP contribution in [0.2, 0.25) is 15.1 Å². The van der Waals surface area contributed by atoms with Crippen molar-refractivity contribution < 1.29 is 9.13 Å². The standard InChI is InChI=1S/C20H15Cl3FNO/c21-15-3-8-20(26-12-13-1-4-16(24)5-2-13)14(9-15)11-25-17-6-7-18(22)19(23)10-17/h1-10,25H,11-12H2. The Hall–Kier alpha value is -1.94. The van der Waals surface area contributed by atoms with Crippen LogP contribution >= 0.6 is 34.8 Å². The van der Waals surface area contributed by atoms with Crippen molar-refractivity contribution in [3.8, 4) is 5.75 Å². The highest BCUT2D eigenvalue weighted by Gasteiger charge is 2.07. The lowest BCUT2D eigenvalue weighted by atomic mass is 10.2. The summed E-state index contributed by atoms with van der Waals surface area (Å²) >= 11 is 18.1. The van der Waals surface area contributed by atoms with Gasteiger partial charge in [0.15, 0.2) is 0 Å². The molecule has 134 valence electrons. The molecule has 0 radical (unpaired) electrons. The summed E-state index contributed by atoms with van der Waals surface area (Å²) in [6.07, 6.45) is 0. The minimum absolute atomic E-state index is 0.272. The van der Waals surface area contributed by atoms with Crippen molar-refractivity contribution in [2.24, 2.45) is 0 Å². The second kappa shape index (κ2) is 8.63. The van der Waals surface area contributed by atoms with Crippen LogP contribution in [0.1, 0.15) is 11.1 Å². The third kappa shape index (κ3) is 5.04. The summed E-state index contributed by atoms with van der Waals surface area (Å²) in [6, 6.07) is 17.0. The van der Waals surface area contributed by atoms with E-state index in [0.29, 0.717) is 34.0 Å². The van der Waals surface area contributed by atoms with Crippen molar-refractivity contribution in [3.05, 3.63) is 92.7 Å². The number of anilines is 1. The van der Waals surface area contributed by atoms with Crippen LogP contribution in [-0.2, 0) is 13.2 Å². The van der Waals surface area contributed by atoms with Gasteiger partial charge in [0.2, 0.25) is 0 Å². The van der Waals surface area contributed by atoms with Gasteiger partial charge in [-0.3, -0.25) is 0 Å². The van der Waals surface area contributed by atoms with Crippen LogP contribution in [-0.4, -0.2) is 0 Å².